The largest absolute Gasteiger partial charge is 0.308 e. The van der Waals surface area contributed by atoms with Gasteiger partial charge in [0.2, 0.25) is 5.91 Å². The Morgan fingerprint density at radius 1 is 1.00 bits per heavy atom. The zero-order valence-electron chi connectivity index (χ0n) is 19.1. The number of thiazole rings is 1. The first-order valence-corrected chi connectivity index (χ1v) is 12.7. The van der Waals surface area contributed by atoms with Gasteiger partial charge >= 0.3 is 0 Å². The Hall–Kier alpha value is -2.00. The lowest BCUT2D eigenvalue weighted by molar-refractivity contribution is -0.118. The Balaban J connectivity index is 0.00000363. The number of aromatic nitrogens is 1. The van der Waals surface area contributed by atoms with Crippen LogP contribution in [0.1, 0.15) is 23.1 Å². The number of rotatable bonds is 8. The lowest BCUT2D eigenvalue weighted by Crippen LogP contribution is -2.37. The van der Waals surface area contributed by atoms with Gasteiger partial charge in [-0.1, -0.05) is 35.1 Å². The van der Waals surface area contributed by atoms with Crippen LogP contribution in [0.2, 0.25) is 0 Å². The van der Waals surface area contributed by atoms with Crippen LogP contribution in [0.3, 0.4) is 0 Å². The van der Waals surface area contributed by atoms with Gasteiger partial charge in [-0.05, 0) is 64.2 Å². The van der Waals surface area contributed by atoms with Gasteiger partial charge in [-0.2, -0.15) is 0 Å². The molecule has 0 aliphatic carbocycles. The number of benzene rings is 2. The zero-order valence-corrected chi connectivity index (χ0v) is 21.5. The molecule has 0 radical (unpaired) electrons. The summed E-state index contributed by atoms with van der Waals surface area (Å²) < 4.78 is 26.4. The average molecular weight is 496 g/mol. The van der Waals surface area contributed by atoms with Gasteiger partial charge in [0.15, 0.2) is 15.0 Å². The first-order valence-electron chi connectivity index (χ1n) is 10.2. The molecule has 0 fully saturated rings. The van der Waals surface area contributed by atoms with Crippen LogP contribution in [0.5, 0.6) is 0 Å². The molecule has 3 aromatic rings. The zero-order chi connectivity index (χ0) is 22.8. The molecule has 32 heavy (non-hydrogen) atoms. The lowest BCUT2D eigenvalue weighted by Gasteiger charge is -2.22. The number of nitrogens with zero attached hydrogens (tertiary/aromatic N) is 3. The summed E-state index contributed by atoms with van der Waals surface area (Å²) in [5.41, 5.74) is 4.14. The van der Waals surface area contributed by atoms with Gasteiger partial charge in [0, 0.05) is 19.5 Å². The molecule has 1 heterocycles. The molecule has 174 valence electrons. The van der Waals surface area contributed by atoms with Gasteiger partial charge in [0.05, 0.1) is 20.9 Å². The van der Waals surface area contributed by atoms with Crippen LogP contribution in [-0.4, -0.2) is 57.1 Å². The highest BCUT2D eigenvalue weighted by Crippen LogP contribution is 2.32. The van der Waals surface area contributed by atoms with Crippen molar-refractivity contribution in [1.29, 1.82) is 0 Å². The summed E-state index contributed by atoms with van der Waals surface area (Å²) in [7, 11) is 0.351. The Labute approximate surface area is 200 Å². The van der Waals surface area contributed by atoms with Crippen molar-refractivity contribution in [3.63, 3.8) is 0 Å². The molecule has 3 rings (SSSR count). The fourth-order valence-corrected chi connectivity index (χ4v) is 5.48. The van der Waals surface area contributed by atoms with Crippen LogP contribution in [0.15, 0.2) is 41.3 Å². The minimum absolute atomic E-state index is 0. The van der Waals surface area contributed by atoms with Gasteiger partial charge in [-0.15, -0.1) is 12.4 Å². The van der Waals surface area contributed by atoms with Crippen molar-refractivity contribution < 1.29 is 13.2 Å². The number of halogens is 1. The van der Waals surface area contributed by atoms with Gasteiger partial charge in [0.1, 0.15) is 0 Å². The van der Waals surface area contributed by atoms with Crippen molar-refractivity contribution in [1.82, 2.24) is 9.88 Å². The molecule has 2 aromatic carbocycles. The minimum atomic E-state index is -3.53. The number of likely N-dealkylation sites (N-methyl/N-ethyl adjacent to an activating group) is 1. The van der Waals surface area contributed by atoms with Crippen LogP contribution in [0.25, 0.3) is 10.2 Å². The Morgan fingerprint density at radius 3 is 2.28 bits per heavy atom. The fourth-order valence-electron chi connectivity index (χ4n) is 3.18. The van der Waals surface area contributed by atoms with E-state index in [4.69, 9.17) is 4.98 Å². The molecule has 0 saturated carbocycles. The SMILES string of the molecule is Cc1ccc(S(=O)(=O)CCC(=O)N(CCN(C)C)c2nc3c(C)c(C)ccc3s2)cc1.Cl. The third-order valence-electron chi connectivity index (χ3n) is 5.34. The molecule has 1 aromatic heterocycles. The number of fused-ring (bicyclic) bond motifs is 1. The predicted octanol–water partition coefficient (Wildman–Crippen LogP) is 4.40. The van der Waals surface area contributed by atoms with E-state index in [1.165, 1.54) is 11.3 Å². The monoisotopic (exact) mass is 495 g/mol. The highest BCUT2D eigenvalue weighted by Gasteiger charge is 2.23. The van der Waals surface area contributed by atoms with Gasteiger partial charge < -0.3 is 4.90 Å². The summed E-state index contributed by atoms with van der Waals surface area (Å²) in [6.45, 7) is 7.09. The molecule has 0 aliphatic rings. The highest BCUT2D eigenvalue weighted by atomic mass is 35.5. The summed E-state index contributed by atoms with van der Waals surface area (Å²) in [5, 5.41) is 0.614. The molecule has 0 saturated heterocycles. The number of amides is 1. The average Bonchev–Trinajstić information content (AvgIpc) is 3.14. The normalized spacial score (nSPS) is 11.6. The second-order valence-electron chi connectivity index (χ2n) is 8.08. The number of carbonyl (C=O) groups excluding carboxylic acids is 1. The maximum atomic E-state index is 13.1. The van der Waals surface area contributed by atoms with Crippen molar-refractivity contribution >= 4 is 54.8 Å². The lowest BCUT2D eigenvalue weighted by atomic mass is 10.1. The minimum Gasteiger partial charge on any atom is -0.308 e. The van der Waals surface area contributed by atoms with Crippen molar-refractivity contribution in [3.8, 4) is 0 Å². The van der Waals surface area contributed by atoms with Crippen LogP contribution >= 0.6 is 23.7 Å². The summed E-state index contributed by atoms with van der Waals surface area (Å²) in [6, 6.07) is 10.8. The van der Waals surface area contributed by atoms with E-state index in [1.54, 1.807) is 29.2 Å². The quantitative estimate of drug-likeness (QED) is 0.463. The van der Waals surface area contributed by atoms with Crippen molar-refractivity contribution in [2.75, 3.05) is 37.8 Å². The molecule has 1 amide bonds. The molecule has 0 aliphatic heterocycles. The molecule has 9 heteroatoms. The first kappa shape index (κ1) is 26.3. The maximum Gasteiger partial charge on any atom is 0.229 e. The van der Waals surface area contributed by atoms with E-state index >= 15 is 0 Å². The molecule has 0 unspecified atom stereocenters. The standard InChI is InChI=1S/C23H29N3O3S2.ClH/c1-16-6-9-19(10-7-16)31(28,29)15-12-21(27)26(14-13-25(4)5)23-24-22-18(3)17(2)8-11-20(22)30-23;/h6-11H,12-15H2,1-5H3;1H. The molecule has 0 bridgehead atoms. The van der Waals surface area contributed by atoms with Crippen molar-refractivity contribution in [3.05, 3.63) is 53.1 Å². The second-order valence-corrected chi connectivity index (χ2v) is 11.2. The van der Waals surface area contributed by atoms with Gasteiger partial charge in [-0.3, -0.25) is 9.69 Å². The Kier molecular flexibility index (Phi) is 8.82. The van der Waals surface area contributed by atoms with Gasteiger partial charge in [-0.25, -0.2) is 13.4 Å². The van der Waals surface area contributed by atoms with E-state index in [9.17, 15) is 13.2 Å². The topological polar surface area (TPSA) is 70.6 Å². The van der Waals surface area contributed by atoms with Crippen molar-refractivity contribution in [2.45, 2.75) is 32.1 Å². The van der Waals surface area contributed by atoms with E-state index in [-0.39, 0.29) is 35.4 Å². The first-order chi connectivity index (χ1) is 14.6. The van der Waals surface area contributed by atoms with E-state index in [0.29, 0.717) is 18.2 Å². The molecular weight excluding hydrogens is 466 g/mol. The fraction of sp³-hybridized carbons (Fsp3) is 0.391. The third kappa shape index (κ3) is 6.07. The number of anilines is 1. The number of sulfone groups is 1. The molecule has 0 atom stereocenters. The molecule has 0 N–H and O–H groups in total. The summed E-state index contributed by atoms with van der Waals surface area (Å²) >= 11 is 1.47. The highest BCUT2D eigenvalue weighted by molar-refractivity contribution is 7.91. The van der Waals surface area contributed by atoms with Crippen LogP contribution < -0.4 is 4.90 Å². The van der Waals surface area contributed by atoms with Gasteiger partial charge in [0.25, 0.3) is 0 Å². The molecular formula is C23H30ClN3O3S2. The number of hydrogen-bond acceptors (Lipinski definition) is 6. The van der Waals surface area contributed by atoms with Crippen molar-refractivity contribution in [2.24, 2.45) is 0 Å². The predicted molar refractivity (Wildman–Crippen MR) is 135 cm³/mol. The van der Waals surface area contributed by atoms with E-state index in [1.807, 2.05) is 45.8 Å². The smallest absolute Gasteiger partial charge is 0.229 e. The van der Waals surface area contributed by atoms with E-state index in [0.717, 1.165) is 26.9 Å². The maximum absolute atomic E-state index is 13.1. The van der Waals surface area contributed by atoms with Crippen LogP contribution in [0.4, 0.5) is 5.13 Å². The number of hydrogen-bond donors (Lipinski definition) is 0. The summed E-state index contributed by atoms with van der Waals surface area (Å²) in [6.07, 6.45) is -0.0857. The molecule has 6 nitrogen and oxygen atoms in total. The van der Waals surface area contributed by atoms with Crippen LogP contribution in [0, 0.1) is 20.8 Å². The van der Waals surface area contributed by atoms with E-state index in [2.05, 4.69) is 6.07 Å². The summed E-state index contributed by atoms with van der Waals surface area (Å²) in [4.78, 5) is 21.7. The van der Waals surface area contributed by atoms with Crippen LogP contribution in [-0.2, 0) is 14.6 Å². The Bertz CT molecular complexity index is 1190. The van der Waals surface area contributed by atoms with E-state index < -0.39 is 9.84 Å². The number of aryl methyl sites for hydroxylation is 3. The summed E-state index contributed by atoms with van der Waals surface area (Å²) in [5.74, 6) is -0.456. The Morgan fingerprint density at radius 2 is 1.66 bits per heavy atom. The third-order valence-corrected chi connectivity index (χ3v) is 8.12. The second kappa shape index (κ2) is 10.7. The molecule has 0 spiro atoms. The number of carbonyl (C=O) groups is 1.